The minimum absolute atomic E-state index is 0.910. The lowest BCUT2D eigenvalue weighted by molar-refractivity contribution is 1.49. The lowest BCUT2D eigenvalue weighted by atomic mass is 10.2. The van der Waals surface area contributed by atoms with Gasteiger partial charge in [0.05, 0.1) is 5.69 Å². The van der Waals surface area contributed by atoms with Gasteiger partial charge in [0.2, 0.25) is 0 Å². The van der Waals surface area contributed by atoms with E-state index < -0.39 is 0 Å². The Labute approximate surface area is 78.4 Å². The van der Waals surface area contributed by atoms with Gasteiger partial charge in [-0.05, 0) is 25.3 Å². The molecule has 1 aromatic carbocycles. The van der Waals surface area contributed by atoms with Crippen LogP contribution in [-0.4, -0.2) is 13.1 Å². The van der Waals surface area contributed by atoms with Crippen molar-refractivity contribution in [1.29, 1.82) is 0 Å². The van der Waals surface area contributed by atoms with E-state index in [2.05, 4.69) is 16.7 Å². The molecule has 0 aliphatic rings. The second kappa shape index (κ2) is 5.04. The summed E-state index contributed by atoms with van der Waals surface area (Å²) >= 11 is 0. The minimum atomic E-state index is 0.910. The van der Waals surface area contributed by atoms with Crippen LogP contribution in [0.2, 0.25) is 0 Å². The van der Waals surface area contributed by atoms with Crippen molar-refractivity contribution in [2.45, 2.75) is 6.92 Å². The van der Waals surface area contributed by atoms with Crippen LogP contribution in [-0.2, 0) is 0 Å². The second-order valence-electron chi connectivity index (χ2n) is 2.49. The fourth-order valence-electron chi connectivity index (χ4n) is 1.03. The topological polar surface area (TPSA) is 24.7 Å². The van der Waals surface area contributed by atoms with Gasteiger partial charge in [-0.25, -0.2) is 4.99 Å². The van der Waals surface area contributed by atoms with Gasteiger partial charge >= 0.3 is 0 Å². The van der Waals surface area contributed by atoms with Crippen LogP contribution in [0.15, 0.2) is 40.3 Å². The van der Waals surface area contributed by atoms with Crippen molar-refractivity contribution in [2.75, 3.05) is 0 Å². The molecule has 0 saturated heterocycles. The third-order valence-corrected chi connectivity index (χ3v) is 1.56. The molecule has 13 heavy (non-hydrogen) atoms. The van der Waals surface area contributed by atoms with Crippen LogP contribution in [0.5, 0.6) is 0 Å². The van der Waals surface area contributed by atoms with Gasteiger partial charge in [0.1, 0.15) is 6.34 Å². The first-order chi connectivity index (χ1) is 6.38. The van der Waals surface area contributed by atoms with Crippen LogP contribution >= 0.6 is 0 Å². The predicted octanol–water partition coefficient (Wildman–Crippen LogP) is 3.08. The molecule has 0 radical (unpaired) electrons. The zero-order valence-corrected chi connectivity index (χ0v) is 7.64. The summed E-state index contributed by atoms with van der Waals surface area (Å²) in [5, 5.41) is 0. The molecule has 0 N–H and O–H groups in total. The maximum absolute atomic E-state index is 4.14. The van der Waals surface area contributed by atoms with Crippen LogP contribution in [0.1, 0.15) is 12.5 Å². The van der Waals surface area contributed by atoms with Crippen LogP contribution in [0.25, 0.3) is 6.08 Å². The standard InChI is InChI=1S/C11H12N2/c1-3-6-10-7-4-5-8-11(10)13-9-12-2/h3-9H,2H2,1H3. The van der Waals surface area contributed by atoms with Gasteiger partial charge in [-0.3, -0.25) is 4.99 Å². The SMILES string of the molecule is C=NC=Nc1ccccc1C=CC. The van der Waals surface area contributed by atoms with E-state index in [-0.39, 0.29) is 0 Å². The van der Waals surface area contributed by atoms with Gasteiger partial charge in [-0.1, -0.05) is 30.4 Å². The van der Waals surface area contributed by atoms with E-state index in [1.165, 1.54) is 6.34 Å². The molecule has 0 aliphatic heterocycles. The first-order valence-corrected chi connectivity index (χ1v) is 4.08. The van der Waals surface area contributed by atoms with Crippen LogP contribution in [0, 0.1) is 0 Å². The highest BCUT2D eigenvalue weighted by Gasteiger charge is 1.93. The van der Waals surface area contributed by atoms with Crippen molar-refractivity contribution < 1.29 is 0 Å². The molecule has 0 saturated carbocycles. The van der Waals surface area contributed by atoms with E-state index in [0.29, 0.717) is 0 Å². The van der Waals surface area contributed by atoms with Crippen molar-refractivity contribution in [3.8, 4) is 0 Å². The smallest absolute Gasteiger partial charge is 0.115 e. The van der Waals surface area contributed by atoms with E-state index in [0.717, 1.165) is 11.3 Å². The van der Waals surface area contributed by atoms with Gasteiger partial charge in [-0.15, -0.1) is 0 Å². The molecule has 2 heteroatoms. The Kier molecular flexibility index (Phi) is 3.64. The molecule has 0 atom stereocenters. The van der Waals surface area contributed by atoms with Gasteiger partial charge in [-0.2, -0.15) is 0 Å². The summed E-state index contributed by atoms with van der Waals surface area (Å²) in [6, 6.07) is 7.88. The van der Waals surface area contributed by atoms with E-state index in [9.17, 15) is 0 Å². The summed E-state index contributed by atoms with van der Waals surface area (Å²) in [6.07, 6.45) is 5.44. The van der Waals surface area contributed by atoms with Gasteiger partial charge in [0, 0.05) is 0 Å². The maximum Gasteiger partial charge on any atom is 0.115 e. The number of benzene rings is 1. The molecule has 0 spiro atoms. The molecule has 0 unspecified atom stereocenters. The number of nitrogens with zero attached hydrogens (tertiary/aromatic N) is 2. The largest absolute Gasteiger partial charge is 0.253 e. The Morgan fingerprint density at radius 1 is 1.31 bits per heavy atom. The lowest BCUT2D eigenvalue weighted by Crippen LogP contribution is -1.73. The molecule has 0 aromatic heterocycles. The minimum Gasteiger partial charge on any atom is -0.253 e. The summed E-state index contributed by atoms with van der Waals surface area (Å²) in [4.78, 5) is 7.70. The molecule has 66 valence electrons. The summed E-state index contributed by atoms with van der Waals surface area (Å²) < 4.78 is 0. The highest BCUT2D eigenvalue weighted by atomic mass is 14.8. The Hall–Kier alpha value is -1.70. The monoisotopic (exact) mass is 172 g/mol. The molecule has 1 rings (SSSR count). The maximum atomic E-state index is 4.14. The fourth-order valence-corrected chi connectivity index (χ4v) is 1.03. The van der Waals surface area contributed by atoms with E-state index >= 15 is 0 Å². The molecule has 2 nitrogen and oxygen atoms in total. The average molecular weight is 172 g/mol. The normalized spacial score (nSPS) is 11.2. The number of hydrogen-bond donors (Lipinski definition) is 0. The van der Waals surface area contributed by atoms with Crippen LogP contribution in [0.3, 0.4) is 0 Å². The predicted molar refractivity (Wildman–Crippen MR) is 58.9 cm³/mol. The fraction of sp³-hybridized carbons (Fsp3) is 0.0909. The summed E-state index contributed by atoms with van der Waals surface area (Å²) in [5.74, 6) is 0. The van der Waals surface area contributed by atoms with Crippen molar-refractivity contribution in [1.82, 2.24) is 0 Å². The summed E-state index contributed by atoms with van der Waals surface area (Å²) in [6.45, 7) is 5.31. The van der Waals surface area contributed by atoms with Crippen molar-refractivity contribution >= 4 is 24.8 Å². The second-order valence-corrected chi connectivity index (χ2v) is 2.49. The zero-order valence-electron chi connectivity index (χ0n) is 7.64. The average Bonchev–Trinajstić information content (AvgIpc) is 2.17. The molecule has 0 bridgehead atoms. The first-order valence-electron chi connectivity index (χ1n) is 4.08. The Bertz CT molecular complexity index is 338. The van der Waals surface area contributed by atoms with Crippen LogP contribution < -0.4 is 0 Å². The van der Waals surface area contributed by atoms with Gasteiger partial charge in [0.15, 0.2) is 0 Å². The van der Waals surface area contributed by atoms with Crippen molar-refractivity contribution in [3.63, 3.8) is 0 Å². The third-order valence-electron chi connectivity index (χ3n) is 1.56. The third kappa shape index (κ3) is 2.67. The van der Waals surface area contributed by atoms with Crippen LogP contribution in [0.4, 0.5) is 5.69 Å². The lowest BCUT2D eigenvalue weighted by Gasteiger charge is -1.97. The number of aliphatic imine (C=N–C) groups is 2. The summed E-state index contributed by atoms with van der Waals surface area (Å²) in [5.41, 5.74) is 2.00. The first kappa shape index (κ1) is 9.39. The zero-order chi connectivity index (χ0) is 9.52. The van der Waals surface area contributed by atoms with Crippen molar-refractivity contribution in [3.05, 3.63) is 35.9 Å². The number of hydrogen-bond acceptors (Lipinski definition) is 1. The molecule has 0 heterocycles. The quantitative estimate of drug-likeness (QED) is 0.494. The van der Waals surface area contributed by atoms with E-state index in [1.54, 1.807) is 0 Å². The number of rotatable bonds is 3. The van der Waals surface area contributed by atoms with Crippen molar-refractivity contribution in [2.24, 2.45) is 9.98 Å². The molecule has 0 fully saturated rings. The molecule has 0 amide bonds. The van der Waals surface area contributed by atoms with E-state index in [4.69, 9.17) is 0 Å². The Morgan fingerprint density at radius 2 is 2.08 bits per heavy atom. The molecule has 1 aromatic rings. The molecular formula is C11H12N2. The number of para-hydroxylation sites is 1. The van der Waals surface area contributed by atoms with Gasteiger partial charge in [0.25, 0.3) is 0 Å². The van der Waals surface area contributed by atoms with Gasteiger partial charge < -0.3 is 0 Å². The molecule has 0 aliphatic carbocycles. The Morgan fingerprint density at radius 3 is 2.77 bits per heavy atom. The molecular weight excluding hydrogens is 160 g/mol. The Balaban J connectivity index is 3.03. The van der Waals surface area contributed by atoms with E-state index in [1.807, 2.05) is 43.3 Å². The highest BCUT2D eigenvalue weighted by Crippen LogP contribution is 2.19. The number of allylic oxidation sites excluding steroid dienone is 1. The summed E-state index contributed by atoms with van der Waals surface area (Å²) in [7, 11) is 0. The highest BCUT2D eigenvalue weighted by molar-refractivity contribution is 5.71.